The van der Waals surface area contributed by atoms with E-state index in [1.54, 1.807) is 24.2 Å². The Morgan fingerprint density at radius 1 is 1.25 bits per heavy atom. The van der Waals surface area contributed by atoms with Crippen LogP contribution in [0.25, 0.3) is 0 Å². The molecular weight excluding hydrogens is 252 g/mol. The van der Waals surface area contributed by atoms with Gasteiger partial charge in [-0.05, 0) is 44.5 Å². The normalized spacial score (nSPS) is 10.8. The summed E-state index contributed by atoms with van der Waals surface area (Å²) in [4.78, 5) is 14.4. The van der Waals surface area contributed by atoms with Crippen molar-refractivity contribution in [2.45, 2.75) is 33.4 Å². The molecule has 20 heavy (non-hydrogen) atoms. The molecule has 0 aliphatic rings. The number of nitrogens with zero attached hydrogens (tertiary/aromatic N) is 1. The molecule has 0 saturated carbocycles. The van der Waals surface area contributed by atoms with Crippen LogP contribution in [0.4, 0.5) is 5.69 Å². The van der Waals surface area contributed by atoms with Crippen molar-refractivity contribution < 1.29 is 9.21 Å². The Hall–Kier alpha value is -2.07. The fourth-order valence-corrected chi connectivity index (χ4v) is 2.18. The number of carbonyl (C=O) groups excluding carboxylic acids is 1. The highest BCUT2D eigenvalue weighted by Crippen LogP contribution is 2.22. The first-order chi connectivity index (χ1) is 9.54. The first kappa shape index (κ1) is 14.3. The van der Waals surface area contributed by atoms with E-state index in [4.69, 9.17) is 10.2 Å². The Balaban J connectivity index is 2.36. The van der Waals surface area contributed by atoms with E-state index in [0.717, 1.165) is 11.3 Å². The van der Waals surface area contributed by atoms with Crippen molar-refractivity contribution in [3.05, 3.63) is 53.5 Å². The predicted octanol–water partition coefficient (Wildman–Crippen LogP) is 3.10. The molecule has 1 aromatic carbocycles. The summed E-state index contributed by atoms with van der Waals surface area (Å²) in [6.07, 6.45) is 1.54. The second-order valence-corrected chi connectivity index (χ2v) is 5.03. The van der Waals surface area contributed by atoms with Gasteiger partial charge in [0.05, 0.1) is 11.8 Å². The van der Waals surface area contributed by atoms with Gasteiger partial charge in [0, 0.05) is 18.3 Å². The highest BCUT2D eigenvalue weighted by atomic mass is 16.3. The van der Waals surface area contributed by atoms with Gasteiger partial charge in [0.25, 0.3) is 5.91 Å². The molecule has 0 atom stereocenters. The maximum absolute atomic E-state index is 12.7. The minimum absolute atomic E-state index is 0.0493. The van der Waals surface area contributed by atoms with Gasteiger partial charge in [0.15, 0.2) is 0 Å². The summed E-state index contributed by atoms with van der Waals surface area (Å²) < 4.78 is 5.22. The zero-order valence-corrected chi connectivity index (χ0v) is 12.1. The van der Waals surface area contributed by atoms with Gasteiger partial charge < -0.3 is 15.1 Å². The molecule has 4 heteroatoms. The maximum Gasteiger partial charge on any atom is 0.262 e. The molecule has 0 aliphatic carbocycles. The number of furan rings is 1. The number of amides is 1. The van der Waals surface area contributed by atoms with Crippen LogP contribution in [0.5, 0.6) is 0 Å². The molecule has 2 N–H and O–H groups in total. The second-order valence-electron chi connectivity index (χ2n) is 5.03. The Morgan fingerprint density at radius 3 is 2.35 bits per heavy atom. The van der Waals surface area contributed by atoms with Crippen LogP contribution in [0, 0.1) is 6.92 Å². The Bertz CT molecular complexity index is 585. The summed E-state index contributed by atoms with van der Waals surface area (Å²) in [5, 5.41) is 0. The third kappa shape index (κ3) is 2.75. The van der Waals surface area contributed by atoms with Crippen LogP contribution in [0.3, 0.4) is 0 Å². The van der Waals surface area contributed by atoms with E-state index in [1.807, 2.05) is 38.1 Å². The lowest BCUT2D eigenvalue weighted by atomic mass is 10.1. The summed E-state index contributed by atoms with van der Waals surface area (Å²) >= 11 is 0. The first-order valence-electron chi connectivity index (χ1n) is 6.71. The van der Waals surface area contributed by atoms with E-state index < -0.39 is 0 Å². The number of nitrogens with two attached hydrogens (primary N) is 1. The fraction of sp³-hybridized carbons (Fsp3) is 0.312. The summed E-state index contributed by atoms with van der Waals surface area (Å²) in [7, 11) is 0. The van der Waals surface area contributed by atoms with E-state index in [0.29, 0.717) is 17.9 Å². The van der Waals surface area contributed by atoms with E-state index in [1.165, 1.54) is 0 Å². The van der Waals surface area contributed by atoms with Gasteiger partial charge in [0.2, 0.25) is 0 Å². The van der Waals surface area contributed by atoms with Crippen molar-refractivity contribution in [1.29, 1.82) is 0 Å². The molecular formula is C16H20N2O2. The van der Waals surface area contributed by atoms with Crippen molar-refractivity contribution in [3.8, 4) is 0 Å². The van der Waals surface area contributed by atoms with Crippen molar-refractivity contribution >= 4 is 11.6 Å². The Labute approximate surface area is 119 Å². The molecule has 0 bridgehead atoms. The van der Waals surface area contributed by atoms with Gasteiger partial charge in [-0.3, -0.25) is 4.79 Å². The molecule has 0 saturated heterocycles. The van der Waals surface area contributed by atoms with Crippen LogP contribution < -0.4 is 10.6 Å². The first-order valence-corrected chi connectivity index (χ1v) is 6.71. The Morgan fingerprint density at radius 2 is 1.90 bits per heavy atom. The third-order valence-electron chi connectivity index (χ3n) is 3.27. The molecule has 1 aromatic heterocycles. The second kappa shape index (κ2) is 5.92. The minimum atomic E-state index is -0.0493. The molecule has 1 amide bonds. The number of benzene rings is 1. The average molecular weight is 272 g/mol. The van der Waals surface area contributed by atoms with Crippen LogP contribution in [-0.2, 0) is 6.54 Å². The van der Waals surface area contributed by atoms with Gasteiger partial charge in [-0.2, -0.15) is 0 Å². The molecule has 4 nitrogen and oxygen atoms in total. The van der Waals surface area contributed by atoms with Gasteiger partial charge in [0.1, 0.15) is 5.76 Å². The largest absolute Gasteiger partial charge is 0.469 e. The van der Waals surface area contributed by atoms with E-state index in [-0.39, 0.29) is 11.9 Å². The summed E-state index contributed by atoms with van der Waals surface area (Å²) in [6.45, 7) is 6.27. The summed E-state index contributed by atoms with van der Waals surface area (Å²) in [5.74, 6) is 0.589. The zero-order chi connectivity index (χ0) is 14.7. The number of aryl methyl sites for hydroxylation is 1. The van der Waals surface area contributed by atoms with Gasteiger partial charge in [-0.15, -0.1) is 0 Å². The van der Waals surface area contributed by atoms with Gasteiger partial charge in [-0.1, -0.05) is 12.1 Å². The number of carbonyl (C=O) groups is 1. The zero-order valence-electron chi connectivity index (χ0n) is 12.1. The van der Waals surface area contributed by atoms with Crippen molar-refractivity contribution in [2.24, 2.45) is 5.73 Å². The highest BCUT2D eigenvalue weighted by molar-refractivity contribution is 6.07. The number of hydrogen-bond donors (Lipinski definition) is 1. The molecule has 0 unspecified atom stereocenters. The van der Waals surface area contributed by atoms with Gasteiger partial charge >= 0.3 is 0 Å². The lowest BCUT2D eigenvalue weighted by Gasteiger charge is -2.27. The number of anilines is 1. The average Bonchev–Trinajstić information content (AvgIpc) is 2.85. The molecule has 0 aliphatic heterocycles. The monoisotopic (exact) mass is 272 g/mol. The van der Waals surface area contributed by atoms with Gasteiger partial charge in [-0.25, -0.2) is 0 Å². The quantitative estimate of drug-likeness (QED) is 0.930. The van der Waals surface area contributed by atoms with E-state index in [2.05, 4.69) is 0 Å². The molecule has 2 rings (SSSR count). The minimum Gasteiger partial charge on any atom is -0.469 e. The molecule has 0 radical (unpaired) electrons. The lowest BCUT2D eigenvalue weighted by molar-refractivity contribution is 0.0979. The Kier molecular flexibility index (Phi) is 4.25. The smallest absolute Gasteiger partial charge is 0.262 e. The van der Waals surface area contributed by atoms with Crippen LogP contribution in [0.1, 0.15) is 35.5 Å². The molecule has 106 valence electrons. The van der Waals surface area contributed by atoms with Crippen molar-refractivity contribution in [3.63, 3.8) is 0 Å². The maximum atomic E-state index is 12.7. The van der Waals surface area contributed by atoms with Crippen LogP contribution in [-0.4, -0.2) is 11.9 Å². The van der Waals surface area contributed by atoms with Crippen LogP contribution in [0.15, 0.2) is 41.0 Å². The third-order valence-corrected chi connectivity index (χ3v) is 3.27. The fourth-order valence-electron chi connectivity index (χ4n) is 2.18. The van der Waals surface area contributed by atoms with E-state index >= 15 is 0 Å². The lowest BCUT2D eigenvalue weighted by Crippen LogP contribution is -2.37. The predicted molar refractivity (Wildman–Crippen MR) is 79.7 cm³/mol. The number of rotatable bonds is 4. The van der Waals surface area contributed by atoms with Crippen molar-refractivity contribution in [2.75, 3.05) is 4.90 Å². The summed E-state index contributed by atoms with van der Waals surface area (Å²) in [5.41, 5.74) is 8.11. The summed E-state index contributed by atoms with van der Waals surface area (Å²) in [6, 6.07) is 9.51. The van der Waals surface area contributed by atoms with Crippen LogP contribution >= 0.6 is 0 Å². The van der Waals surface area contributed by atoms with Crippen molar-refractivity contribution in [1.82, 2.24) is 0 Å². The standard InChI is InChI=1S/C16H20N2O2/c1-11(2)18(14-6-4-13(10-17)5-7-14)16(19)15-8-9-20-12(15)3/h4-9,11H,10,17H2,1-3H3. The number of hydrogen-bond acceptors (Lipinski definition) is 3. The molecule has 0 fully saturated rings. The van der Waals surface area contributed by atoms with Crippen LogP contribution in [0.2, 0.25) is 0 Å². The molecule has 0 spiro atoms. The topological polar surface area (TPSA) is 59.5 Å². The van der Waals surface area contributed by atoms with E-state index in [9.17, 15) is 4.79 Å². The molecule has 1 heterocycles. The highest BCUT2D eigenvalue weighted by Gasteiger charge is 2.23. The molecule has 2 aromatic rings. The SMILES string of the molecule is Cc1occc1C(=O)N(c1ccc(CN)cc1)C(C)C.